The van der Waals surface area contributed by atoms with E-state index in [1.807, 2.05) is 0 Å². The van der Waals surface area contributed by atoms with Gasteiger partial charge in [-0.2, -0.15) is 13.2 Å². The molecule has 0 N–H and O–H groups in total. The normalized spacial score (nSPS) is 18.2. The average molecular weight is 209 g/mol. The van der Waals surface area contributed by atoms with Gasteiger partial charge in [0.2, 0.25) is 5.91 Å². The van der Waals surface area contributed by atoms with Gasteiger partial charge in [0, 0.05) is 11.1 Å². The van der Waals surface area contributed by atoms with Crippen LogP contribution in [0.2, 0.25) is 0 Å². The number of nitrogens with zero attached hydrogens (tertiary/aromatic N) is 1. The minimum atomic E-state index is -4.36. The molecule has 1 amide bonds. The van der Waals surface area contributed by atoms with Gasteiger partial charge in [-0.05, 0) is 6.08 Å². The summed E-state index contributed by atoms with van der Waals surface area (Å²) in [5.74, 6) is -0.607. The molecule has 1 heterocycles. The summed E-state index contributed by atoms with van der Waals surface area (Å²) < 4.78 is 35.6. The second kappa shape index (κ2) is 3.45. The van der Waals surface area contributed by atoms with E-state index in [9.17, 15) is 18.0 Å². The molecule has 0 spiro atoms. The third-order valence-electron chi connectivity index (χ3n) is 1.44. The Labute approximate surface area is 78.0 Å². The molecular formula is C7H6F3NOS. The fraction of sp³-hybridized carbons (Fsp3) is 0.429. The van der Waals surface area contributed by atoms with Crippen molar-refractivity contribution in [3.8, 4) is 0 Å². The summed E-state index contributed by atoms with van der Waals surface area (Å²) in [5, 5.41) is 0. The SMILES string of the molecule is O=C1CC(=S)C=CN1CC(F)(F)F. The lowest BCUT2D eigenvalue weighted by atomic mass is 10.2. The predicted octanol–water partition coefficient (Wildman–Crippen LogP) is 1.66. The summed E-state index contributed by atoms with van der Waals surface area (Å²) in [6.07, 6.45) is -2.06. The number of carbonyl (C=O) groups is 1. The van der Waals surface area contributed by atoms with Gasteiger partial charge < -0.3 is 4.90 Å². The highest BCUT2D eigenvalue weighted by Crippen LogP contribution is 2.18. The predicted molar refractivity (Wildman–Crippen MR) is 44.1 cm³/mol. The summed E-state index contributed by atoms with van der Waals surface area (Å²) in [6, 6.07) is 0. The first-order valence-corrected chi connectivity index (χ1v) is 3.86. The molecule has 0 fully saturated rings. The Balaban J connectivity index is 2.66. The Kier molecular flexibility index (Phi) is 2.70. The van der Waals surface area contributed by atoms with Crippen molar-refractivity contribution in [2.45, 2.75) is 12.6 Å². The third kappa shape index (κ3) is 3.14. The largest absolute Gasteiger partial charge is 0.406 e. The number of alkyl halides is 3. The van der Waals surface area contributed by atoms with Gasteiger partial charge in [0.1, 0.15) is 6.54 Å². The van der Waals surface area contributed by atoms with E-state index in [-0.39, 0.29) is 6.42 Å². The van der Waals surface area contributed by atoms with Gasteiger partial charge in [-0.3, -0.25) is 4.79 Å². The topological polar surface area (TPSA) is 20.3 Å². The zero-order valence-electron chi connectivity index (χ0n) is 6.47. The molecule has 0 aromatic rings. The van der Waals surface area contributed by atoms with E-state index in [0.29, 0.717) is 9.76 Å². The molecule has 0 saturated heterocycles. The van der Waals surface area contributed by atoms with E-state index in [0.717, 1.165) is 6.20 Å². The lowest BCUT2D eigenvalue weighted by Gasteiger charge is -2.22. The van der Waals surface area contributed by atoms with Gasteiger partial charge in [-0.15, -0.1) is 0 Å². The van der Waals surface area contributed by atoms with E-state index < -0.39 is 18.6 Å². The van der Waals surface area contributed by atoms with Gasteiger partial charge >= 0.3 is 6.18 Å². The highest BCUT2D eigenvalue weighted by molar-refractivity contribution is 7.80. The molecule has 0 saturated carbocycles. The van der Waals surface area contributed by atoms with Crippen LogP contribution in [0, 0.1) is 0 Å². The Morgan fingerprint density at radius 1 is 1.54 bits per heavy atom. The first-order valence-electron chi connectivity index (χ1n) is 3.46. The van der Waals surface area contributed by atoms with Crippen LogP contribution in [0.5, 0.6) is 0 Å². The van der Waals surface area contributed by atoms with E-state index in [2.05, 4.69) is 12.2 Å². The van der Waals surface area contributed by atoms with Crippen molar-refractivity contribution in [3.05, 3.63) is 12.3 Å². The minimum absolute atomic E-state index is 0.109. The summed E-state index contributed by atoms with van der Waals surface area (Å²) in [6.45, 7) is -1.25. The Morgan fingerprint density at radius 3 is 2.62 bits per heavy atom. The third-order valence-corrected chi connectivity index (χ3v) is 1.72. The van der Waals surface area contributed by atoms with Crippen LogP contribution in [-0.2, 0) is 4.79 Å². The maximum Gasteiger partial charge on any atom is 0.406 e. The molecule has 0 aromatic carbocycles. The maximum absolute atomic E-state index is 11.9. The van der Waals surface area contributed by atoms with Crippen LogP contribution < -0.4 is 0 Å². The van der Waals surface area contributed by atoms with E-state index in [4.69, 9.17) is 0 Å². The van der Waals surface area contributed by atoms with Crippen LogP contribution in [0.15, 0.2) is 12.3 Å². The molecule has 0 bridgehead atoms. The Hall–Kier alpha value is -0.910. The highest BCUT2D eigenvalue weighted by atomic mass is 32.1. The second-order valence-electron chi connectivity index (χ2n) is 2.60. The zero-order chi connectivity index (χ0) is 10.1. The number of hydrogen-bond donors (Lipinski definition) is 0. The van der Waals surface area contributed by atoms with E-state index in [1.54, 1.807) is 0 Å². The van der Waals surface area contributed by atoms with Crippen molar-refractivity contribution in [2.75, 3.05) is 6.54 Å². The summed E-state index contributed by atoms with van der Waals surface area (Å²) >= 11 is 4.66. The second-order valence-corrected chi connectivity index (χ2v) is 3.12. The number of thiocarbonyl (C=S) groups is 1. The molecule has 0 aromatic heterocycles. The molecule has 0 atom stereocenters. The van der Waals surface area contributed by atoms with Crippen LogP contribution in [0.3, 0.4) is 0 Å². The lowest BCUT2D eigenvalue weighted by molar-refractivity contribution is -0.155. The number of hydrogen-bond acceptors (Lipinski definition) is 2. The minimum Gasteiger partial charge on any atom is -0.310 e. The molecule has 13 heavy (non-hydrogen) atoms. The van der Waals surface area contributed by atoms with Crippen LogP contribution in [0.1, 0.15) is 6.42 Å². The fourth-order valence-electron chi connectivity index (χ4n) is 0.900. The lowest BCUT2D eigenvalue weighted by Crippen LogP contribution is -2.37. The van der Waals surface area contributed by atoms with Crippen molar-refractivity contribution in [1.29, 1.82) is 0 Å². The van der Waals surface area contributed by atoms with Crippen molar-refractivity contribution in [2.24, 2.45) is 0 Å². The molecule has 1 rings (SSSR count). The molecule has 6 heteroatoms. The molecule has 0 unspecified atom stereocenters. The molecule has 2 nitrogen and oxygen atoms in total. The number of carbonyl (C=O) groups excluding carboxylic acids is 1. The maximum atomic E-state index is 11.9. The summed E-state index contributed by atoms with van der Waals surface area (Å²) in [5.41, 5.74) is 0. The van der Waals surface area contributed by atoms with Crippen molar-refractivity contribution >= 4 is 23.0 Å². The highest BCUT2D eigenvalue weighted by Gasteiger charge is 2.33. The monoisotopic (exact) mass is 209 g/mol. The zero-order valence-corrected chi connectivity index (χ0v) is 7.28. The number of halogens is 3. The van der Waals surface area contributed by atoms with Crippen LogP contribution in [-0.4, -0.2) is 28.4 Å². The molecule has 72 valence electrons. The van der Waals surface area contributed by atoms with Crippen molar-refractivity contribution in [1.82, 2.24) is 4.90 Å². The van der Waals surface area contributed by atoms with Gasteiger partial charge in [0.05, 0.1) is 6.42 Å². The van der Waals surface area contributed by atoms with Crippen molar-refractivity contribution < 1.29 is 18.0 Å². The molecule has 0 radical (unpaired) electrons. The number of allylic oxidation sites excluding steroid dienone is 1. The fourth-order valence-corrected chi connectivity index (χ4v) is 1.08. The standard InChI is InChI=1S/C7H6F3NOS/c8-7(9,10)4-11-2-1-5(13)3-6(11)12/h1-2H,3-4H2. The molecule has 0 aliphatic carbocycles. The first kappa shape index (κ1) is 10.2. The smallest absolute Gasteiger partial charge is 0.310 e. The number of rotatable bonds is 1. The van der Waals surface area contributed by atoms with E-state index in [1.165, 1.54) is 6.08 Å². The first-order chi connectivity index (χ1) is 5.88. The van der Waals surface area contributed by atoms with Crippen molar-refractivity contribution in [3.63, 3.8) is 0 Å². The number of amides is 1. The summed E-state index contributed by atoms with van der Waals surface area (Å²) in [7, 11) is 0. The quantitative estimate of drug-likeness (QED) is 0.612. The van der Waals surface area contributed by atoms with Gasteiger partial charge in [-0.25, -0.2) is 0 Å². The molecule has 1 aliphatic rings. The van der Waals surface area contributed by atoms with Gasteiger partial charge in [0.25, 0.3) is 0 Å². The molecule has 1 aliphatic heterocycles. The van der Waals surface area contributed by atoms with E-state index >= 15 is 0 Å². The average Bonchev–Trinajstić information content (AvgIpc) is 1.93. The van der Waals surface area contributed by atoms with Crippen LogP contribution >= 0.6 is 12.2 Å². The van der Waals surface area contributed by atoms with Gasteiger partial charge in [0.15, 0.2) is 0 Å². The summed E-state index contributed by atoms with van der Waals surface area (Å²) in [4.78, 5) is 12.0. The molecular weight excluding hydrogens is 203 g/mol. The van der Waals surface area contributed by atoms with Crippen LogP contribution in [0.4, 0.5) is 13.2 Å². The van der Waals surface area contributed by atoms with Crippen LogP contribution in [0.25, 0.3) is 0 Å². The van der Waals surface area contributed by atoms with Gasteiger partial charge in [-0.1, -0.05) is 12.2 Å². The Morgan fingerprint density at radius 2 is 2.15 bits per heavy atom. The Bertz CT molecular complexity index is 271.